The molecule has 0 fully saturated rings. The van der Waals surface area contributed by atoms with Gasteiger partial charge in [-0.25, -0.2) is 0 Å². The molecular formula is C22H30N3O2+. The molecule has 0 bridgehead atoms. The molecule has 2 amide bonds. The Balaban J connectivity index is 2.25. The first-order chi connectivity index (χ1) is 12.8. The quantitative estimate of drug-likeness (QED) is 0.700. The molecule has 1 unspecified atom stereocenters. The average Bonchev–Trinajstić information content (AvgIpc) is 2.58. The fraction of sp³-hybridized carbons (Fsp3) is 0.364. The molecule has 0 saturated carbocycles. The van der Waals surface area contributed by atoms with Crippen LogP contribution >= 0.6 is 0 Å². The number of carbonyl (C=O) groups is 2. The molecule has 5 heteroatoms. The van der Waals surface area contributed by atoms with Gasteiger partial charge in [-0.15, -0.1) is 0 Å². The number of anilines is 1. The highest BCUT2D eigenvalue weighted by Gasteiger charge is 2.30. The van der Waals surface area contributed by atoms with Crippen LogP contribution in [0.2, 0.25) is 0 Å². The molecule has 5 nitrogen and oxygen atoms in total. The Labute approximate surface area is 161 Å². The molecule has 3 N–H and O–H groups in total. The zero-order chi connectivity index (χ0) is 20.0. The lowest BCUT2D eigenvalue weighted by Crippen LogP contribution is -3.11. The molecule has 0 aliphatic carbocycles. The van der Waals surface area contributed by atoms with E-state index < -0.39 is 6.04 Å². The standard InChI is InChI=1S/C22H29N3O2/c1-15(2)23-20(26)14-25(5)21(18-9-7-6-8-10-18)22(27)24-19-13-16(3)11-12-17(19)4/h6-13,15,21H,14H2,1-5H3,(H,23,26)(H,24,27)/p+1/t21-/m0/s1. The number of quaternary nitrogens is 1. The minimum Gasteiger partial charge on any atom is -0.349 e. The molecule has 0 spiro atoms. The monoisotopic (exact) mass is 368 g/mol. The van der Waals surface area contributed by atoms with Gasteiger partial charge in [0.2, 0.25) is 0 Å². The second kappa shape index (κ2) is 9.33. The molecule has 27 heavy (non-hydrogen) atoms. The highest BCUT2D eigenvalue weighted by molar-refractivity contribution is 5.95. The van der Waals surface area contributed by atoms with Crippen LogP contribution in [-0.2, 0) is 9.59 Å². The fourth-order valence-electron chi connectivity index (χ4n) is 3.11. The molecule has 2 aromatic carbocycles. The summed E-state index contributed by atoms with van der Waals surface area (Å²) in [5, 5.41) is 5.95. The van der Waals surface area contributed by atoms with E-state index in [2.05, 4.69) is 10.6 Å². The Kier molecular flexibility index (Phi) is 7.13. The van der Waals surface area contributed by atoms with Crippen molar-refractivity contribution in [3.05, 3.63) is 65.2 Å². The SMILES string of the molecule is Cc1ccc(C)c(NC(=O)[C@H](c2ccccc2)[NH+](C)CC(=O)NC(C)C)c1. The normalized spacial score (nSPS) is 13.1. The van der Waals surface area contributed by atoms with E-state index in [1.807, 2.05) is 83.3 Å². The van der Waals surface area contributed by atoms with Crippen LogP contribution in [0.25, 0.3) is 0 Å². The number of nitrogens with one attached hydrogen (secondary N) is 3. The van der Waals surface area contributed by atoms with Gasteiger partial charge in [0.25, 0.3) is 11.8 Å². The molecule has 144 valence electrons. The summed E-state index contributed by atoms with van der Waals surface area (Å²) in [5.74, 6) is -0.187. The van der Waals surface area contributed by atoms with E-state index in [1.165, 1.54) is 0 Å². The van der Waals surface area contributed by atoms with Gasteiger partial charge in [-0.05, 0) is 44.9 Å². The van der Waals surface area contributed by atoms with Crippen molar-refractivity contribution in [1.82, 2.24) is 5.32 Å². The molecule has 2 atom stereocenters. The zero-order valence-corrected chi connectivity index (χ0v) is 16.8. The van der Waals surface area contributed by atoms with Crippen LogP contribution in [0.15, 0.2) is 48.5 Å². The van der Waals surface area contributed by atoms with Crippen molar-refractivity contribution in [2.24, 2.45) is 0 Å². The number of hydrogen-bond acceptors (Lipinski definition) is 2. The Morgan fingerprint density at radius 1 is 1.04 bits per heavy atom. The van der Waals surface area contributed by atoms with E-state index >= 15 is 0 Å². The molecule has 0 radical (unpaired) electrons. The molecule has 0 aromatic heterocycles. The molecule has 2 aromatic rings. The van der Waals surface area contributed by atoms with Crippen molar-refractivity contribution >= 4 is 17.5 Å². The highest BCUT2D eigenvalue weighted by atomic mass is 16.2. The summed E-state index contributed by atoms with van der Waals surface area (Å²) < 4.78 is 0. The summed E-state index contributed by atoms with van der Waals surface area (Å²) in [6.07, 6.45) is 0. The van der Waals surface area contributed by atoms with Crippen molar-refractivity contribution in [3.8, 4) is 0 Å². The largest absolute Gasteiger partial charge is 0.349 e. The van der Waals surface area contributed by atoms with Crippen molar-refractivity contribution in [2.45, 2.75) is 39.8 Å². The maximum absolute atomic E-state index is 13.2. The molecule has 0 aliphatic rings. The van der Waals surface area contributed by atoms with Crippen LogP contribution in [0.5, 0.6) is 0 Å². The van der Waals surface area contributed by atoms with Crippen LogP contribution in [0.3, 0.4) is 0 Å². The first-order valence-corrected chi connectivity index (χ1v) is 9.32. The lowest BCUT2D eigenvalue weighted by atomic mass is 10.0. The van der Waals surface area contributed by atoms with E-state index in [9.17, 15) is 9.59 Å². The lowest BCUT2D eigenvalue weighted by molar-refractivity contribution is -0.894. The van der Waals surface area contributed by atoms with Gasteiger partial charge < -0.3 is 15.5 Å². The number of aryl methyl sites for hydroxylation is 2. The van der Waals surface area contributed by atoms with Crippen LogP contribution < -0.4 is 15.5 Å². The summed E-state index contributed by atoms with van der Waals surface area (Å²) in [6, 6.07) is 15.2. The van der Waals surface area contributed by atoms with Crippen molar-refractivity contribution in [2.75, 3.05) is 18.9 Å². The molecule has 0 aliphatic heterocycles. The Hall–Kier alpha value is -2.66. The van der Waals surface area contributed by atoms with E-state index in [-0.39, 0.29) is 24.4 Å². The van der Waals surface area contributed by atoms with Crippen LogP contribution in [0, 0.1) is 13.8 Å². The number of benzene rings is 2. The van der Waals surface area contributed by atoms with Gasteiger partial charge in [-0.2, -0.15) is 0 Å². The smallest absolute Gasteiger partial charge is 0.287 e. The number of hydrogen-bond donors (Lipinski definition) is 3. The van der Waals surface area contributed by atoms with E-state index in [4.69, 9.17) is 0 Å². The third kappa shape index (κ3) is 5.93. The number of carbonyl (C=O) groups excluding carboxylic acids is 2. The van der Waals surface area contributed by atoms with Gasteiger partial charge in [0, 0.05) is 17.3 Å². The third-order valence-electron chi connectivity index (χ3n) is 4.43. The van der Waals surface area contributed by atoms with Gasteiger partial charge in [0.1, 0.15) is 0 Å². The average molecular weight is 369 g/mol. The van der Waals surface area contributed by atoms with E-state index in [0.717, 1.165) is 27.3 Å². The van der Waals surface area contributed by atoms with Crippen LogP contribution in [0.1, 0.15) is 36.6 Å². The number of likely N-dealkylation sites (N-methyl/N-ethyl adjacent to an activating group) is 1. The molecule has 0 heterocycles. The van der Waals surface area contributed by atoms with Gasteiger partial charge in [0.15, 0.2) is 12.6 Å². The van der Waals surface area contributed by atoms with Crippen LogP contribution in [-0.4, -0.2) is 31.4 Å². The fourth-order valence-corrected chi connectivity index (χ4v) is 3.11. The minimum absolute atomic E-state index is 0.0667. The zero-order valence-electron chi connectivity index (χ0n) is 16.8. The van der Waals surface area contributed by atoms with Crippen molar-refractivity contribution < 1.29 is 14.5 Å². The van der Waals surface area contributed by atoms with Gasteiger partial charge in [0.05, 0.1) is 7.05 Å². The predicted octanol–water partition coefficient (Wildman–Crippen LogP) is 2.02. The Morgan fingerprint density at radius 2 is 1.70 bits per heavy atom. The topological polar surface area (TPSA) is 62.6 Å². The minimum atomic E-state index is -0.482. The van der Waals surface area contributed by atoms with E-state index in [1.54, 1.807) is 0 Å². The highest BCUT2D eigenvalue weighted by Crippen LogP contribution is 2.19. The van der Waals surface area contributed by atoms with Gasteiger partial charge in [-0.3, -0.25) is 9.59 Å². The third-order valence-corrected chi connectivity index (χ3v) is 4.43. The molecule has 0 saturated heterocycles. The summed E-state index contributed by atoms with van der Waals surface area (Å²) >= 11 is 0. The predicted molar refractivity (Wildman–Crippen MR) is 109 cm³/mol. The summed E-state index contributed by atoms with van der Waals surface area (Å²) in [7, 11) is 1.88. The first kappa shape index (κ1) is 20.6. The molecule has 2 rings (SSSR count). The van der Waals surface area contributed by atoms with Crippen molar-refractivity contribution in [3.63, 3.8) is 0 Å². The first-order valence-electron chi connectivity index (χ1n) is 9.32. The Bertz CT molecular complexity index is 787. The number of rotatable bonds is 7. The maximum atomic E-state index is 13.2. The maximum Gasteiger partial charge on any atom is 0.287 e. The van der Waals surface area contributed by atoms with Crippen LogP contribution in [0.4, 0.5) is 5.69 Å². The van der Waals surface area contributed by atoms with Crippen molar-refractivity contribution in [1.29, 1.82) is 0 Å². The Morgan fingerprint density at radius 3 is 2.33 bits per heavy atom. The van der Waals surface area contributed by atoms with E-state index in [0.29, 0.717) is 0 Å². The summed E-state index contributed by atoms with van der Waals surface area (Å²) in [4.78, 5) is 26.2. The molecular weight excluding hydrogens is 338 g/mol. The summed E-state index contributed by atoms with van der Waals surface area (Å²) in [6.45, 7) is 8.04. The number of amides is 2. The second-order valence-electron chi connectivity index (χ2n) is 7.40. The second-order valence-corrected chi connectivity index (χ2v) is 7.40. The summed E-state index contributed by atoms with van der Waals surface area (Å²) in [5.41, 5.74) is 3.79. The van der Waals surface area contributed by atoms with Gasteiger partial charge in [-0.1, -0.05) is 42.5 Å². The lowest BCUT2D eigenvalue weighted by Gasteiger charge is -2.25. The van der Waals surface area contributed by atoms with Gasteiger partial charge >= 0.3 is 0 Å².